The molecule has 0 radical (unpaired) electrons. The molecule has 6 heavy (non-hydrogen) atoms. The first kappa shape index (κ1) is 15.7. The van der Waals surface area contributed by atoms with Crippen LogP contribution in [0.25, 0.3) is 0 Å². The van der Waals surface area contributed by atoms with Gasteiger partial charge in [0.25, 0.3) is 0 Å². The summed E-state index contributed by atoms with van der Waals surface area (Å²) in [6.07, 6.45) is 0. The molecule has 0 atom stereocenters. The molecule has 0 aromatic carbocycles. The van der Waals surface area contributed by atoms with Crippen LogP contribution in [0.3, 0.4) is 0 Å². The molecular formula is C2H3NaO2Zn+2. The summed E-state index contributed by atoms with van der Waals surface area (Å²) >= 11 is 0. The van der Waals surface area contributed by atoms with Crippen LogP contribution in [-0.4, -0.2) is 5.97 Å². The molecule has 0 bridgehead atoms. The number of aliphatic carboxylic acids is 1. The van der Waals surface area contributed by atoms with Crippen molar-refractivity contribution in [1.82, 2.24) is 0 Å². The van der Waals surface area contributed by atoms with E-state index >= 15 is 0 Å². The minimum Gasteiger partial charge on any atom is -0.550 e. The van der Waals surface area contributed by atoms with Crippen molar-refractivity contribution in [3.05, 3.63) is 0 Å². The largest absolute Gasteiger partial charge is 2.00 e. The third-order valence-corrected chi connectivity index (χ3v) is 0. The summed E-state index contributed by atoms with van der Waals surface area (Å²) in [6, 6.07) is 0. The molecule has 0 amide bonds. The van der Waals surface area contributed by atoms with Crippen molar-refractivity contribution in [3.63, 3.8) is 0 Å². The second kappa shape index (κ2) is 9.43. The molecule has 0 aromatic heterocycles. The molecule has 24 valence electrons. The predicted molar refractivity (Wildman–Crippen MR) is 10.7 cm³/mol. The van der Waals surface area contributed by atoms with Crippen LogP contribution in [0.15, 0.2) is 0 Å². The van der Waals surface area contributed by atoms with E-state index in [2.05, 4.69) is 0 Å². The maximum absolute atomic E-state index is 8.89. The summed E-state index contributed by atoms with van der Waals surface area (Å²) in [5, 5.41) is 8.89. The van der Waals surface area contributed by atoms with Crippen molar-refractivity contribution in [1.29, 1.82) is 0 Å². The number of carbonyl (C=O) groups excluding carboxylic acids is 1. The van der Waals surface area contributed by atoms with Crippen molar-refractivity contribution in [3.8, 4) is 0 Å². The second-order valence-corrected chi connectivity index (χ2v) is 0.492. The Morgan fingerprint density at radius 3 is 1.67 bits per heavy atom. The van der Waals surface area contributed by atoms with Gasteiger partial charge in [-0.1, -0.05) is 0 Å². The summed E-state index contributed by atoms with van der Waals surface area (Å²) in [6.45, 7) is 0.972. The standard InChI is InChI=1S/C2H4O2.Na.Zn/c1-2(3)4;;/h1H3,(H,3,4);;/q;+1;+2/p-1. The Bertz CT molecular complexity index is 34.5. The van der Waals surface area contributed by atoms with Gasteiger partial charge in [0.2, 0.25) is 0 Å². The van der Waals surface area contributed by atoms with Gasteiger partial charge >= 0.3 is 49.0 Å². The van der Waals surface area contributed by atoms with E-state index in [1.165, 1.54) is 0 Å². The number of rotatable bonds is 0. The van der Waals surface area contributed by atoms with Gasteiger partial charge in [0.05, 0.1) is 0 Å². The SMILES string of the molecule is CC(=O)[O-].[Na+].[Zn+2]. The Morgan fingerprint density at radius 2 is 1.67 bits per heavy atom. The zero-order chi connectivity index (χ0) is 3.58. The van der Waals surface area contributed by atoms with E-state index in [1.54, 1.807) is 0 Å². The molecule has 2 nitrogen and oxygen atoms in total. The molecule has 0 rings (SSSR count). The van der Waals surface area contributed by atoms with Crippen LogP contribution in [0.4, 0.5) is 0 Å². The molecule has 4 heteroatoms. The van der Waals surface area contributed by atoms with Gasteiger partial charge in [-0.3, -0.25) is 0 Å². The van der Waals surface area contributed by atoms with Crippen molar-refractivity contribution < 1.29 is 58.9 Å². The summed E-state index contributed by atoms with van der Waals surface area (Å²) in [5.74, 6) is -1.08. The first-order valence-electron chi connectivity index (χ1n) is 0.908. The molecule has 0 spiro atoms. The molecule has 0 fully saturated rings. The Balaban J connectivity index is -0.0000000450. The molecule has 0 unspecified atom stereocenters. The number of hydrogen-bond acceptors (Lipinski definition) is 2. The number of carboxylic acids is 1. The molecule has 0 N–H and O–H groups in total. The zero-order valence-electron chi connectivity index (χ0n) is 4.02. The molecular weight excluding hydrogens is 144 g/mol. The molecule has 0 saturated heterocycles. The van der Waals surface area contributed by atoms with E-state index in [0.717, 1.165) is 6.92 Å². The number of hydrogen-bond donors (Lipinski definition) is 0. The third kappa shape index (κ3) is 71.4. The van der Waals surface area contributed by atoms with E-state index in [9.17, 15) is 0 Å². The first-order valence-corrected chi connectivity index (χ1v) is 0.908. The van der Waals surface area contributed by atoms with Crippen molar-refractivity contribution in [2.75, 3.05) is 0 Å². The Hall–Kier alpha value is 1.09. The van der Waals surface area contributed by atoms with Crippen molar-refractivity contribution >= 4 is 5.97 Å². The summed E-state index contributed by atoms with van der Waals surface area (Å²) in [5.41, 5.74) is 0. The van der Waals surface area contributed by atoms with Gasteiger partial charge in [0.15, 0.2) is 0 Å². The minimum absolute atomic E-state index is 0. The molecule has 0 aliphatic rings. The first-order chi connectivity index (χ1) is 1.73. The molecule has 0 saturated carbocycles. The third-order valence-electron chi connectivity index (χ3n) is 0. The van der Waals surface area contributed by atoms with Crippen LogP contribution < -0.4 is 34.7 Å². The van der Waals surface area contributed by atoms with E-state index in [0.29, 0.717) is 0 Å². The molecule has 0 aromatic rings. The Kier molecular flexibility index (Phi) is 24.7. The molecule has 0 heterocycles. The average Bonchev–Trinajstić information content (AvgIpc) is 0.811. The van der Waals surface area contributed by atoms with Crippen LogP contribution in [-0.2, 0) is 24.3 Å². The van der Waals surface area contributed by atoms with Crippen molar-refractivity contribution in [2.45, 2.75) is 6.92 Å². The van der Waals surface area contributed by atoms with Gasteiger partial charge in [-0.25, -0.2) is 0 Å². The minimum atomic E-state index is -1.08. The monoisotopic (exact) mass is 146 g/mol. The smallest absolute Gasteiger partial charge is 0.550 e. The number of carboxylic acid groups (broad SMARTS) is 1. The van der Waals surface area contributed by atoms with Crippen molar-refractivity contribution in [2.24, 2.45) is 0 Å². The van der Waals surface area contributed by atoms with Gasteiger partial charge < -0.3 is 9.90 Å². The summed E-state index contributed by atoms with van der Waals surface area (Å²) in [4.78, 5) is 8.89. The fraction of sp³-hybridized carbons (Fsp3) is 0.500. The maximum atomic E-state index is 8.89. The van der Waals surface area contributed by atoms with Crippen LogP contribution >= 0.6 is 0 Å². The van der Waals surface area contributed by atoms with E-state index in [4.69, 9.17) is 9.90 Å². The maximum Gasteiger partial charge on any atom is 2.00 e. The summed E-state index contributed by atoms with van der Waals surface area (Å²) in [7, 11) is 0. The topological polar surface area (TPSA) is 40.1 Å². The normalized spacial score (nSPS) is 4.17. The van der Waals surface area contributed by atoms with Gasteiger partial charge in [0.1, 0.15) is 0 Å². The fourth-order valence-electron chi connectivity index (χ4n) is 0. The van der Waals surface area contributed by atoms with E-state index < -0.39 is 5.97 Å². The Labute approximate surface area is 71.4 Å². The average molecular weight is 147 g/mol. The number of carbonyl (C=O) groups is 1. The van der Waals surface area contributed by atoms with E-state index in [-0.39, 0.29) is 49.0 Å². The quantitative estimate of drug-likeness (QED) is 0.326. The zero-order valence-corrected chi connectivity index (χ0v) is 8.99. The molecule has 0 aliphatic heterocycles. The molecule has 0 aliphatic carbocycles. The van der Waals surface area contributed by atoms with Crippen LogP contribution in [0, 0.1) is 0 Å². The van der Waals surface area contributed by atoms with Crippen LogP contribution in [0.5, 0.6) is 0 Å². The van der Waals surface area contributed by atoms with Crippen LogP contribution in [0.2, 0.25) is 0 Å². The van der Waals surface area contributed by atoms with Gasteiger partial charge in [-0.15, -0.1) is 0 Å². The van der Waals surface area contributed by atoms with E-state index in [1.807, 2.05) is 0 Å². The van der Waals surface area contributed by atoms with Gasteiger partial charge in [0, 0.05) is 5.97 Å². The second-order valence-electron chi connectivity index (χ2n) is 0.492. The fourth-order valence-corrected chi connectivity index (χ4v) is 0. The predicted octanol–water partition coefficient (Wildman–Crippen LogP) is -4.24. The van der Waals surface area contributed by atoms with Gasteiger partial charge in [-0.2, -0.15) is 0 Å². The van der Waals surface area contributed by atoms with Crippen LogP contribution in [0.1, 0.15) is 6.92 Å². The Morgan fingerprint density at radius 1 is 1.67 bits per heavy atom. The van der Waals surface area contributed by atoms with Gasteiger partial charge in [-0.05, 0) is 6.92 Å². The summed E-state index contributed by atoms with van der Waals surface area (Å²) < 4.78 is 0.